The number of hydrogen-bond acceptors (Lipinski definition) is 4. The van der Waals surface area contributed by atoms with Crippen LogP contribution in [0.5, 0.6) is 0 Å². The summed E-state index contributed by atoms with van der Waals surface area (Å²) in [6, 6.07) is 8.36. The third kappa shape index (κ3) is 1.84. The van der Waals surface area contributed by atoms with Crippen molar-refractivity contribution in [2.75, 3.05) is 13.1 Å². The maximum absolute atomic E-state index is 11.8. The van der Waals surface area contributed by atoms with E-state index in [-0.39, 0.29) is 16.0 Å². The van der Waals surface area contributed by atoms with Crippen molar-refractivity contribution in [3.8, 4) is 0 Å². The Morgan fingerprint density at radius 1 is 1.20 bits per heavy atom. The van der Waals surface area contributed by atoms with Crippen LogP contribution in [0.25, 0.3) is 0 Å². The molecule has 1 aliphatic carbocycles. The molecular weight excluding hydrogens is 272 g/mol. The molecule has 5 heteroatoms. The van der Waals surface area contributed by atoms with Gasteiger partial charge in [0, 0.05) is 25.2 Å². The lowest BCUT2D eigenvalue weighted by Gasteiger charge is -2.46. The van der Waals surface area contributed by atoms with Gasteiger partial charge in [-0.1, -0.05) is 24.3 Å². The molecule has 1 aromatic carbocycles. The smallest absolute Gasteiger partial charge is 0.158 e. The molecular formula is C15H20N2O2S. The summed E-state index contributed by atoms with van der Waals surface area (Å²) in [4.78, 5) is 2.28. The average molecular weight is 292 g/mol. The van der Waals surface area contributed by atoms with Crippen LogP contribution in [0.15, 0.2) is 24.3 Å². The lowest BCUT2D eigenvalue weighted by Crippen LogP contribution is -2.61. The van der Waals surface area contributed by atoms with Crippen molar-refractivity contribution < 1.29 is 8.42 Å². The van der Waals surface area contributed by atoms with E-state index < -0.39 is 9.84 Å². The summed E-state index contributed by atoms with van der Waals surface area (Å²) in [5, 5.41) is -0.248. The lowest BCUT2D eigenvalue weighted by atomic mass is 9.98. The summed E-state index contributed by atoms with van der Waals surface area (Å²) < 4.78 is 23.6. The van der Waals surface area contributed by atoms with Gasteiger partial charge in [0.2, 0.25) is 0 Å². The molecule has 3 saturated heterocycles. The number of benzene rings is 1. The molecule has 4 fully saturated rings. The van der Waals surface area contributed by atoms with Crippen molar-refractivity contribution >= 4 is 9.84 Å². The predicted molar refractivity (Wildman–Crippen MR) is 77.9 cm³/mol. The van der Waals surface area contributed by atoms with Crippen LogP contribution in [0.4, 0.5) is 0 Å². The van der Waals surface area contributed by atoms with Crippen LogP contribution in [-0.4, -0.2) is 36.9 Å². The summed E-state index contributed by atoms with van der Waals surface area (Å²) in [6.07, 6.45) is 2.98. The molecule has 2 bridgehead atoms. The van der Waals surface area contributed by atoms with Gasteiger partial charge in [0.1, 0.15) is 0 Å². The molecule has 3 aliphatic heterocycles. The van der Waals surface area contributed by atoms with E-state index in [0.29, 0.717) is 13.1 Å². The predicted octanol–water partition coefficient (Wildman–Crippen LogP) is 1.01. The van der Waals surface area contributed by atoms with E-state index >= 15 is 0 Å². The summed E-state index contributed by atoms with van der Waals surface area (Å²) in [5.74, 6) is 0. The van der Waals surface area contributed by atoms with Gasteiger partial charge in [-0.2, -0.15) is 0 Å². The zero-order valence-electron chi connectivity index (χ0n) is 11.5. The molecule has 0 amide bonds. The lowest BCUT2D eigenvalue weighted by molar-refractivity contribution is 0.200. The highest BCUT2D eigenvalue weighted by atomic mass is 32.2. The molecule has 0 radical (unpaired) electrons. The Labute approximate surface area is 119 Å². The second-order valence-corrected chi connectivity index (χ2v) is 9.09. The first-order valence-electron chi connectivity index (χ1n) is 7.31. The number of piperidine rings is 1. The highest BCUT2D eigenvalue weighted by Crippen LogP contribution is 2.44. The van der Waals surface area contributed by atoms with Crippen molar-refractivity contribution in [2.24, 2.45) is 5.73 Å². The van der Waals surface area contributed by atoms with Gasteiger partial charge in [-0.25, -0.2) is 8.42 Å². The molecule has 1 saturated carbocycles. The van der Waals surface area contributed by atoms with Gasteiger partial charge in [0.15, 0.2) is 9.84 Å². The second kappa shape index (κ2) is 4.06. The van der Waals surface area contributed by atoms with E-state index in [1.807, 2.05) is 12.1 Å². The minimum Gasteiger partial charge on any atom is -0.321 e. The molecule has 0 spiro atoms. The molecule has 108 valence electrons. The van der Waals surface area contributed by atoms with Crippen LogP contribution in [0.3, 0.4) is 0 Å². The molecule has 1 aromatic rings. The fourth-order valence-corrected chi connectivity index (χ4v) is 5.66. The monoisotopic (exact) mass is 292 g/mol. The van der Waals surface area contributed by atoms with Crippen LogP contribution >= 0.6 is 0 Å². The minimum absolute atomic E-state index is 0.124. The van der Waals surface area contributed by atoms with Crippen molar-refractivity contribution in [3.63, 3.8) is 0 Å². The molecule has 3 heterocycles. The Bertz CT molecular complexity index is 634. The molecule has 20 heavy (non-hydrogen) atoms. The van der Waals surface area contributed by atoms with Crippen LogP contribution in [0.1, 0.15) is 30.4 Å². The van der Waals surface area contributed by atoms with Gasteiger partial charge in [0.25, 0.3) is 0 Å². The van der Waals surface area contributed by atoms with E-state index in [1.54, 1.807) is 0 Å². The zero-order chi connectivity index (χ0) is 14.0. The van der Waals surface area contributed by atoms with Gasteiger partial charge < -0.3 is 5.73 Å². The Morgan fingerprint density at radius 2 is 1.85 bits per heavy atom. The van der Waals surface area contributed by atoms with E-state index in [9.17, 15) is 8.42 Å². The molecule has 0 aromatic heterocycles. The summed E-state index contributed by atoms with van der Waals surface area (Å²) >= 11 is 0. The first-order chi connectivity index (χ1) is 9.49. The fraction of sp³-hybridized carbons (Fsp3) is 0.600. The van der Waals surface area contributed by atoms with Crippen LogP contribution in [0, 0.1) is 0 Å². The quantitative estimate of drug-likeness (QED) is 0.903. The maximum atomic E-state index is 11.8. The van der Waals surface area contributed by atoms with Crippen LogP contribution < -0.4 is 5.73 Å². The van der Waals surface area contributed by atoms with Gasteiger partial charge >= 0.3 is 0 Å². The maximum Gasteiger partial charge on any atom is 0.158 e. The van der Waals surface area contributed by atoms with Crippen LogP contribution in [0.2, 0.25) is 0 Å². The standard InChI is InChI=1S/C15H20N2O2S/c16-15(5-6-15)14-4-2-1-3-11(14)8-17-9-12-7-13(10-17)20(12,18)19/h1-4,12-13H,5-10,16H2. The molecule has 4 aliphatic rings. The van der Waals surface area contributed by atoms with Crippen molar-refractivity contribution in [1.82, 2.24) is 4.90 Å². The zero-order valence-corrected chi connectivity index (χ0v) is 12.3. The van der Waals surface area contributed by atoms with Gasteiger partial charge in [-0.15, -0.1) is 0 Å². The van der Waals surface area contributed by atoms with Gasteiger partial charge in [-0.05, 0) is 30.4 Å². The average Bonchev–Trinajstić information content (AvgIpc) is 3.18. The number of sulfone groups is 1. The van der Waals surface area contributed by atoms with Crippen molar-refractivity contribution in [2.45, 2.75) is 41.8 Å². The molecule has 2 atom stereocenters. The fourth-order valence-electron chi connectivity index (χ4n) is 3.64. The van der Waals surface area contributed by atoms with E-state index in [1.165, 1.54) is 11.1 Å². The third-order valence-electron chi connectivity index (χ3n) is 5.12. The highest BCUT2D eigenvalue weighted by molar-refractivity contribution is 7.94. The topological polar surface area (TPSA) is 63.4 Å². The van der Waals surface area contributed by atoms with Gasteiger partial charge in [0.05, 0.1) is 10.5 Å². The Morgan fingerprint density at radius 3 is 2.45 bits per heavy atom. The third-order valence-corrected chi connectivity index (χ3v) is 7.66. The van der Waals surface area contributed by atoms with Crippen molar-refractivity contribution in [1.29, 1.82) is 0 Å². The number of fused-ring (bicyclic) bond motifs is 2. The normalized spacial score (nSPS) is 33.5. The Hall–Kier alpha value is -0.910. The second-order valence-electron chi connectivity index (χ2n) is 6.58. The van der Waals surface area contributed by atoms with Gasteiger partial charge in [-0.3, -0.25) is 4.90 Å². The minimum atomic E-state index is -2.78. The Balaban J connectivity index is 1.54. The van der Waals surface area contributed by atoms with Crippen LogP contribution in [-0.2, 0) is 21.9 Å². The number of hydrogen-bond donors (Lipinski definition) is 1. The van der Waals surface area contributed by atoms with E-state index in [0.717, 1.165) is 25.8 Å². The number of rotatable bonds is 3. The van der Waals surface area contributed by atoms with Crippen molar-refractivity contribution in [3.05, 3.63) is 35.4 Å². The highest BCUT2D eigenvalue weighted by Gasteiger charge is 2.51. The SMILES string of the molecule is NC1(c2ccccc2CN2CC3CC(C2)S3(=O)=O)CC1. The number of nitrogens with zero attached hydrogens (tertiary/aromatic N) is 1. The summed E-state index contributed by atoms with van der Waals surface area (Å²) in [5.41, 5.74) is 8.74. The summed E-state index contributed by atoms with van der Waals surface area (Å²) in [7, 11) is -2.78. The molecule has 2 N–H and O–H groups in total. The first kappa shape index (κ1) is 12.8. The molecule has 4 nitrogen and oxygen atoms in total. The first-order valence-corrected chi connectivity index (χ1v) is 8.92. The van der Waals surface area contributed by atoms with E-state index in [2.05, 4.69) is 17.0 Å². The number of nitrogens with two attached hydrogens (primary N) is 1. The molecule has 5 rings (SSSR count). The molecule has 2 unspecified atom stereocenters. The summed E-state index contributed by atoms with van der Waals surface area (Å²) in [6.45, 7) is 2.20. The Kier molecular flexibility index (Phi) is 2.60. The largest absolute Gasteiger partial charge is 0.321 e. The van der Waals surface area contributed by atoms with E-state index in [4.69, 9.17) is 5.73 Å².